The predicted molar refractivity (Wildman–Crippen MR) is 119 cm³/mol. The Balaban J connectivity index is 1.56. The van der Waals surface area contributed by atoms with Crippen LogP contribution in [-0.4, -0.2) is 55.4 Å². The van der Waals surface area contributed by atoms with Crippen molar-refractivity contribution in [2.45, 2.75) is 38.9 Å². The molecule has 32 heavy (non-hydrogen) atoms. The van der Waals surface area contributed by atoms with Crippen molar-refractivity contribution in [1.82, 2.24) is 14.9 Å². The molecule has 0 atom stereocenters. The van der Waals surface area contributed by atoms with Crippen LogP contribution >= 0.6 is 0 Å². The van der Waals surface area contributed by atoms with Gasteiger partial charge in [-0.25, -0.2) is 18.6 Å². The van der Waals surface area contributed by atoms with E-state index in [4.69, 9.17) is 4.43 Å². The van der Waals surface area contributed by atoms with Gasteiger partial charge in [0, 0.05) is 32.2 Å². The minimum absolute atomic E-state index is 0.0557. The first-order valence-electron chi connectivity index (χ1n) is 10.3. The number of nitrogens with one attached hydrogen (secondary N) is 1. The van der Waals surface area contributed by atoms with Crippen molar-refractivity contribution in [2.75, 3.05) is 36.4 Å². The Morgan fingerprint density at radius 1 is 1.09 bits per heavy atom. The number of anilines is 2. The molecular formula is C21H28F3N5O2Si. The van der Waals surface area contributed by atoms with Gasteiger partial charge in [-0.15, -0.1) is 0 Å². The molecule has 0 spiro atoms. The molecule has 174 valence electrons. The molecule has 0 saturated carbocycles. The standard InChI is InChI=1S/C21H28F3N5O2Si/c1-21(2,3)32(4,5)31-14-6-7-17(25-13-14)26-20(30)29-10-8-28(9-11-29)19-16(23)12-15(22)18(24)27-19/h6-7,12-13H,8-11H2,1-5H3,(H,25,26,30). The zero-order chi connectivity index (χ0) is 23.7. The second-order valence-electron chi connectivity index (χ2n) is 9.21. The summed E-state index contributed by atoms with van der Waals surface area (Å²) >= 11 is 0. The molecular weight excluding hydrogens is 439 g/mol. The zero-order valence-corrected chi connectivity index (χ0v) is 19.9. The van der Waals surface area contributed by atoms with E-state index in [-0.39, 0.29) is 43.1 Å². The number of piperazine rings is 1. The lowest BCUT2D eigenvalue weighted by molar-refractivity contribution is 0.207. The van der Waals surface area contributed by atoms with Crippen molar-refractivity contribution in [2.24, 2.45) is 0 Å². The van der Waals surface area contributed by atoms with Crippen LogP contribution in [0.25, 0.3) is 0 Å². The zero-order valence-electron chi connectivity index (χ0n) is 18.9. The highest BCUT2D eigenvalue weighted by Gasteiger charge is 2.39. The Bertz CT molecular complexity index is 975. The summed E-state index contributed by atoms with van der Waals surface area (Å²) in [6, 6.07) is 3.57. The number of carbonyl (C=O) groups is 1. The fourth-order valence-electron chi connectivity index (χ4n) is 2.93. The van der Waals surface area contributed by atoms with E-state index >= 15 is 0 Å². The van der Waals surface area contributed by atoms with Crippen LogP contribution in [0.2, 0.25) is 18.1 Å². The summed E-state index contributed by atoms with van der Waals surface area (Å²) in [6.45, 7) is 11.7. The predicted octanol–water partition coefficient (Wildman–Crippen LogP) is 4.63. The quantitative estimate of drug-likeness (QED) is 0.524. The maximum atomic E-state index is 13.9. The van der Waals surface area contributed by atoms with Crippen molar-refractivity contribution in [3.8, 4) is 5.75 Å². The molecule has 1 fully saturated rings. The number of pyridine rings is 2. The molecule has 2 amide bonds. The van der Waals surface area contributed by atoms with E-state index in [1.165, 1.54) is 9.80 Å². The van der Waals surface area contributed by atoms with E-state index in [1.807, 2.05) is 0 Å². The Labute approximate surface area is 186 Å². The van der Waals surface area contributed by atoms with Gasteiger partial charge in [0.05, 0.1) is 6.20 Å². The van der Waals surface area contributed by atoms with Crippen LogP contribution in [0.1, 0.15) is 20.8 Å². The third-order valence-electron chi connectivity index (χ3n) is 5.89. The van der Waals surface area contributed by atoms with Gasteiger partial charge in [-0.2, -0.15) is 9.37 Å². The lowest BCUT2D eigenvalue weighted by Gasteiger charge is -2.36. The third kappa shape index (κ3) is 5.32. The lowest BCUT2D eigenvalue weighted by atomic mass is 10.2. The molecule has 0 bridgehead atoms. The van der Waals surface area contributed by atoms with E-state index < -0.39 is 25.9 Å². The first-order valence-corrected chi connectivity index (χ1v) is 13.3. The molecule has 2 aromatic heterocycles. The van der Waals surface area contributed by atoms with Crippen molar-refractivity contribution < 1.29 is 22.4 Å². The lowest BCUT2D eigenvalue weighted by Crippen LogP contribution is -2.50. The van der Waals surface area contributed by atoms with Crippen molar-refractivity contribution in [3.05, 3.63) is 42.0 Å². The molecule has 2 aromatic rings. The Morgan fingerprint density at radius 2 is 1.75 bits per heavy atom. The molecule has 3 heterocycles. The average Bonchev–Trinajstić information content (AvgIpc) is 2.71. The Morgan fingerprint density at radius 3 is 2.31 bits per heavy atom. The first kappa shape index (κ1) is 23.8. The van der Waals surface area contributed by atoms with E-state index in [9.17, 15) is 18.0 Å². The molecule has 0 aromatic carbocycles. The molecule has 1 aliphatic rings. The SMILES string of the molecule is CC(C)(C)[Si](C)(C)Oc1ccc(NC(=O)N2CCN(c3nc(F)c(F)cc3F)CC2)nc1. The summed E-state index contributed by atoms with van der Waals surface area (Å²) in [5, 5.41) is 2.78. The molecule has 1 N–H and O–H groups in total. The number of carbonyl (C=O) groups excluding carboxylic acids is 1. The number of rotatable bonds is 4. The Kier molecular flexibility index (Phi) is 6.68. The van der Waals surface area contributed by atoms with E-state index in [0.717, 1.165) is 0 Å². The molecule has 3 rings (SSSR count). The molecule has 0 unspecified atom stereocenters. The molecule has 11 heteroatoms. The van der Waals surface area contributed by atoms with Crippen LogP contribution in [0, 0.1) is 17.6 Å². The van der Waals surface area contributed by atoms with Gasteiger partial charge in [-0.3, -0.25) is 5.32 Å². The number of halogens is 3. The fourth-order valence-corrected chi connectivity index (χ4v) is 3.95. The molecule has 0 aliphatic carbocycles. The topological polar surface area (TPSA) is 70.6 Å². The largest absolute Gasteiger partial charge is 0.542 e. The number of amides is 2. The second kappa shape index (κ2) is 8.97. The smallest absolute Gasteiger partial charge is 0.323 e. The summed E-state index contributed by atoms with van der Waals surface area (Å²) in [5.74, 6) is -2.85. The Hall–Kier alpha value is -2.82. The van der Waals surface area contributed by atoms with E-state index in [0.29, 0.717) is 17.6 Å². The van der Waals surface area contributed by atoms with Gasteiger partial charge < -0.3 is 14.2 Å². The van der Waals surface area contributed by atoms with Gasteiger partial charge in [-0.05, 0) is 30.3 Å². The van der Waals surface area contributed by atoms with Gasteiger partial charge >= 0.3 is 6.03 Å². The highest BCUT2D eigenvalue weighted by atomic mass is 28.4. The summed E-state index contributed by atoms with van der Waals surface area (Å²) in [6.07, 6.45) is 1.59. The number of urea groups is 1. The van der Waals surface area contributed by atoms with Gasteiger partial charge in [0.25, 0.3) is 14.3 Å². The summed E-state index contributed by atoms with van der Waals surface area (Å²) in [5.41, 5.74) is 0. The number of nitrogens with zero attached hydrogens (tertiary/aromatic N) is 4. The second-order valence-corrected chi connectivity index (χ2v) is 13.9. The maximum Gasteiger partial charge on any atom is 0.323 e. The van der Waals surface area contributed by atoms with E-state index in [2.05, 4.69) is 49.1 Å². The van der Waals surface area contributed by atoms with Crippen LogP contribution in [0.3, 0.4) is 0 Å². The van der Waals surface area contributed by atoms with E-state index in [1.54, 1.807) is 18.3 Å². The summed E-state index contributed by atoms with van der Waals surface area (Å²) < 4.78 is 46.6. The van der Waals surface area contributed by atoms with Crippen molar-refractivity contribution in [3.63, 3.8) is 0 Å². The highest BCUT2D eigenvalue weighted by molar-refractivity contribution is 6.74. The number of aromatic nitrogens is 2. The minimum atomic E-state index is -1.98. The van der Waals surface area contributed by atoms with Gasteiger partial charge in [-0.1, -0.05) is 20.8 Å². The minimum Gasteiger partial charge on any atom is -0.542 e. The van der Waals surface area contributed by atoms with Crippen LogP contribution in [-0.2, 0) is 0 Å². The number of hydrogen-bond acceptors (Lipinski definition) is 5. The molecule has 7 nitrogen and oxygen atoms in total. The summed E-state index contributed by atoms with van der Waals surface area (Å²) in [7, 11) is -1.98. The van der Waals surface area contributed by atoms with Gasteiger partial charge in [0.15, 0.2) is 17.5 Å². The number of hydrogen-bond donors (Lipinski definition) is 1. The maximum absolute atomic E-state index is 13.9. The van der Waals surface area contributed by atoms with Crippen LogP contribution in [0.4, 0.5) is 29.6 Å². The monoisotopic (exact) mass is 467 g/mol. The van der Waals surface area contributed by atoms with Crippen LogP contribution in [0.15, 0.2) is 24.4 Å². The fraction of sp³-hybridized carbons (Fsp3) is 0.476. The third-order valence-corrected chi connectivity index (χ3v) is 10.2. The summed E-state index contributed by atoms with van der Waals surface area (Å²) in [4.78, 5) is 23.2. The van der Waals surface area contributed by atoms with Crippen LogP contribution < -0.4 is 14.6 Å². The average molecular weight is 468 g/mol. The van der Waals surface area contributed by atoms with Crippen molar-refractivity contribution in [1.29, 1.82) is 0 Å². The highest BCUT2D eigenvalue weighted by Crippen LogP contribution is 2.37. The molecule has 1 aliphatic heterocycles. The van der Waals surface area contributed by atoms with Gasteiger partial charge in [0.1, 0.15) is 11.6 Å². The first-order chi connectivity index (χ1) is 14.9. The van der Waals surface area contributed by atoms with Crippen LogP contribution in [0.5, 0.6) is 5.75 Å². The normalized spacial score (nSPS) is 15.0. The van der Waals surface area contributed by atoms with Crippen molar-refractivity contribution >= 4 is 26.0 Å². The molecule has 0 radical (unpaired) electrons. The van der Waals surface area contributed by atoms with Gasteiger partial charge in [0.2, 0.25) is 0 Å². The molecule has 1 saturated heterocycles.